The Morgan fingerprint density at radius 3 is 2.29 bits per heavy atom. The summed E-state index contributed by atoms with van der Waals surface area (Å²) < 4.78 is 22.1. The van der Waals surface area contributed by atoms with E-state index in [1.54, 1.807) is 24.3 Å². The zero-order chi connectivity index (χ0) is 11.7. The molecule has 1 aromatic carbocycles. The molecule has 5 heteroatoms. The molecule has 0 amide bonds. The highest BCUT2D eigenvalue weighted by molar-refractivity contribution is 6.30. The van der Waals surface area contributed by atoms with E-state index in [9.17, 15) is 0 Å². The van der Waals surface area contributed by atoms with Crippen LogP contribution in [0.25, 0.3) is 0 Å². The van der Waals surface area contributed by atoms with Gasteiger partial charge in [0.05, 0.1) is 19.8 Å². The van der Waals surface area contributed by atoms with Crippen molar-refractivity contribution in [1.82, 2.24) is 0 Å². The topological polar surface area (TPSA) is 36.9 Å². The average molecular weight is 257 g/mol. The van der Waals surface area contributed by atoms with Gasteiger partial charge in [-0.25, -0.2) is 0 Å². The van der Waals surface area contributed by atoms with Crippen LogP contribution in [0.15, 0.2) is 24.3 Å². The highest BCUT2D eigenvalue weighted by Crippen LogP contribution is 2.30. The van der Waals surface area contributed by atoms with E-state index >= 15 is 0 Å². The first kappa shape index (κ1) is 11.3. The summed E-state index contributed by atoms with van der Waals surface area (Å²) in [5.41, 5.74) is 0. The Morgan fingerprint density at radius 1 is 1.12 bits per heavy atom. The largest absolute Gasteiger partial charge is 0.485 e. The lowest BCUT2D eigenvalue weighted by Gasteiger charge is -2.44. The molecule has 3 fully saturated rings. The summed E-state index contributed by atoms with van der Waals surface area (Å²) in [6.07, 6.45) is 0. The molecule has 0 unspecified atom stereocenters. The van der Waals surface area contributed by atoms with Crippen molar-refractivity contribution in [2.75, 3.05) is 26.4 Å². The molecule has 17 heavy (non-hydrogen) atoms. The van der Waals surface area contributed by atoms with Gasteiger partial charge in [0, 0.05) is 10.9 Å². The van der Waals surface area contributed by atoms with Crippen LogP contribution >= 0.6 is 11.6 Å². The van der Waals surface area contributed by atoms with Gasteiger partial charge in [-0.05, 0) is 24.3 Å². The van der Waals surface area contributed by atoms with Gasteiger partial charge in [-0.15, -0.1) is 0 Å². The van der Waals surface area contributed by atoms with Crippen LogP contribution in [0.5, 0.6) is 5.75 Å². The number of fused-ring (bicyclic) bond motifs is 3. The lowest BCUT2D eigenvalue weighted by atomic mass is 10.1. The first-order chi connectivity index (χ1) is 8.26. The molecule has 0 aromatic heterocycles. The quantitative estimate of drug-likeness (QED) is 0.830. The van der Waals surface area contributed by atoms with E-state index in [4.69, 9.17) is 30.5 Å². The predicted molar refractivity (Wildman–Crippen MR) is 61.0 cm³/mol. The molecule has 3 aliphatic rings. The van der Waals surface area contributed by atoms with Gasteiger partial charge in [-0.3, -0.25) is 0 Å². The normalized spacial score (nSPS) is 31.5. The maximum absolute atomic E-state index is 5.79. The van der Waals surface area contributed by atoms with Gasteiger partial charge in [-0.1, -0.05) is 11.6 Å². The molecule has 1 aromatic rings. The summed E-state index contributed by atoms with van der Waals surface area (Å²) >= 11 is 5.79. The minimum atomic E-state index is -1.02. The summed E-state index contributed by atoms with van der Waals surface area (Å²) in [6.45, 7) is 2.24. The molecule has 0 atom stereocenters. The van der Waals surface area contributed by atoms with Gasteiger partial charge in [-0.2, -0.15) is 0 Å². The fourth-order valence-electron chi connectivity index (χ4n) is 1.83. The van der Waals surface area contributed by atoms with Crippen molar-refractivity contribution in [3.8, 4) is 5.75 Å². The Kier molecular flexibility index (Phi) is 2.96. The van der Waals surface area contributed by atoms with Crippen molar-refractivity contribution in [3.05, 3.63) is 29.3 Å². The Balaban J connectivity index is 1.61. The van der Waals surface area contributed by atoms with E-state index in [0.29, 0.717) is 36.5 Å². The van der Waals surface area contributed by atoms with Gasteiger partial charge < -0.3 is 18.9 Å². The molecule has 2 bridgehead atoms. The molecular weight excluding hydrogens is 244 g/mol. The van der Waals surface area contributed by atoms with E-state index in [-0.39, 0.29) is 6.61 Å². The van der Waals surface area contributed by atoms with Crippen molar-refractivity contribution in [3.63, 3.8) is 0 Å². The van der Waals surface area contributed by atoms with Crippen LogP contribution in [0.1, 0.15) is 0 Å². The summed E-state index contributed by atoms with van der Waals surface area (Å²) in [5.74, 6) is 0.0497. The van der Waals surface area contributed by atoms with Gasteiger partial charge in [0.2, 0.25) is 0 Å². The predicted octanol–water partition coefficient (Wildman–Crippen LogP) is 2.07. The third kappa shape index (κ3) is 2.40. The Bertz CT molecular complexity index is 370. The van der Waals surface area contributed by atoms with E-state index in [1.165, 1.54) is 0 Å². The average Bonchev–Trinajstić information content (AvgIpc) is 2.40. The molecule has 4 nitrogen and oxygen atoms in total. The fraction of sp³-hybridized carbons (Fsp3) is 0.500. The van der Waals surface area contributed by atoms with Gasteiger partial charge in [0.15, 0.2) is 6.61 Å². The van der Waals surface area contributed by atoms with Crippen LogP contribution in [0.3, 0.4) is 0 Å². The number of hydrogen-bond donors (Lipinski definition) is 0. The van der Waals surface area contributed by atoms with Crippen molar-refractivity contribution in [1.29, 1.82) is 0 Å². The molecule has 0 N–H and O–H groups in total. The van der Waals surface area contributed by atoms with Crippen molar-refractivity contribution < 1.29 is 18.9 Å². The summed E-state index contributed by atoms with van der Waals surface area (Å²) in [5, 5.41) is 0.678. The third-order valence-electron chi connectivity index (χ3n) is 2.85. The highest BCUT2D eigenvalue weighted by Gasteiger charge is 2.45. The molecular formula is C12H13ClO4. The Labute approximate surface area is 104 Å². The second-order valence-electron chi connectivity index (χ2n) is 4.22. The summed E-state index contributed by atoms with van der Waals surface area (Å²) in [6, 6.07) is 7.14. The minimum Gasteiger partial charge on any atom is -0.485 e. The van der Waals surface area contributed by atoms with Crippen molar-refractivity contribution in [2.45, 2.75) is 5.97 Å². The van der Waals surface area contributed by atoms with E-state index in [0.717, 1.165) is 0 Å². The van der Waals surface area contributed by atoms with E-state index in [2.05, 4.69) is 0 Å². The second kappa shape index (κ2) is 4.46. The van der Waals surface area contributed by atoms with Crippen molar-refractivity contribution >= 4 is 11.6 Å². The van der Waals surface area contributed by atoms with Crippen LogP contribution in [-0.2, 0) is 14.2 Å². The summed E-state index contributed by atoms with van der Waals surface area (Å²) in [7, 11) is 0. The molecule has 4 rings (SSSR count). The lowest BCUT2D eigenvalue weighted by molar-refractivity contribution is -0.453. The molecule has 0 radical (unpaired) electrons. The fourth-order valence-corrected chi connectivity index (χ4v) is 1.96. The second-order valence-corrected chi connectivity index (χ2v) is 4.66. The summed E-state index contributed by atoms with van der Waals surface area (Å²) in [4.78, 5) is 0. The highest BCUT2D eigenvalue weighted by atomic mass is 35.5. The van der Waals surface area contributed by atoms with Crippen LogP contribution in [-0.4, -0.2) is 32.4 Å². The van der Waals surface area contributed by atoms with E-state index < -0.39 is 5.97 Å². The van der Waals surface area contributed by atoms with Gasteiger partial charge in [0.25, 0.3) is 0 Å². The number of halogens is 1. The number of ether oxygens (including phenoxy) is 4. The third-order valence-corrected chi connectivity index (χ3v) is 3.10. The number of hydrogen-bond acceptors (Lipinski definition) is 4. The van der Waals surface area contributed by atoms with Gasteiger partial charge in [0.1, 0.15) is 5.75 Å². The standard InChI is InChI=1S/C12H13ClO4/c13-10-1-3-11(4-2-10)14-8-12-15-5-9(6-16-12)7-17-12/h1-4,9H,5-8H2. The Morgan fingerprint density at radius 2 is 1.71 bits per heavy atom. The number of rotatable bonds is 3. The molecule has 3 aliphatic heterocycles. The van der Waals surface area contributed by atoms with Crippen molar-refractivity contribution in [2.24, 2.45) is 5.92 Å². The van der Waals surface area contributed by atoms with Crippen LogP contribution < -0.4 is 4.74 Å². The minimum absolute atomic E-state index is 0.224. The molecule has 0 saturated carbocycles. The number of benzene rings is 1. The maximum Gasteiger partial charge on any atom is 0.319 e. The molecule has 3 saturated heterocycles. The zero-order valence-electron chi connectivity index (χ0n) is 9.23. The Hall–Kier alpha value is -0.810. The maximum atomic E-state index is 5.79. The SMILES string of the molecule is Clc1ccc(OCC23OCC(CO2)CO3)cc1. The van der Waals surface area contributed by atoms with E-state index in [1.807, 2.05) is 0 Å². The first-order valence-electron chi connectivity index (χ1n) is 5.56. The van der Waals surface area contributed by atoms with Crippen LogP contribution in [0, 0.1) is 5.92 Å². The molecule has 0 aliphatic carbocycles. The smallest absolute Gasteiger partial charge is 0.319 e. The lowest BCUT2D eigenvalue weighted by Crippen LogP contribution is -2.57. The molecule has 92 valence electrons. The van der Waals surface area contributed by atoms with Crippen LogP contribution in [0.2, 0.25) is 5.02 Å². The van der Waals surface area contributed by atoms with Crippen LogP contribution in [0.4, 0.5) is 0 Å². The first-order valence-corrected chi connectivity index (χ1v) is 5.94. The van der Waals surface area contributed by atoms with Gasteiger partial charge >= 0.3 is 5.97 Å². The monoisotopic (exact) mass is 256 g/mol. The molecule has 3 heterocycles. The zero-order valence-corrected chi connectivity index (χ0v) is 9.98. The molecule has 0 spiro atoms.